The minimum absolute atomic E-state index is 0.0182. The molecule has 0 bridgehead atoms. The van der Waals surface area contributed by atoms with Crippen LogP contribution >= 0.6 is 11.8 Å². The van der Waals surface area contributed by atoms with Crippen LogP contribution in [0.5, 0.6) is 0 Å². The maximum absolute atomic E-state index is 12.8. The number of carbonyl (C=O) groups excluding carboxylic acids is 2. The molecule has 0 unspecified atom stereocenters. The number of alkyl halides is 3. The largest absolute Gasteiger partial charge is 0.416 e. The fourth-order valence-electron chi connectivity index (χ4n) is 3.03. The maximum atomic E-state index is 12.8. The van der Waals surface area contributed by atoms with Gasteiger partial charge in [0.15, 0.2) is 0 Å². The van der Waals surface area contributed by atoms with Gasteiger partial charge >= 0.3 is 6.18 Å². The average Bonchev–Trinajstić information content (AvgIpc) is 2.68. The predicted molar refractivity (Wildman–Crippen MR) is 107 cm³/mol. The van der Waals surface area contributed by atoms with Crippen LogP contribution < -0.4 is 10.6 Å². The van der Waals surface area contributed by atoms with E-state index in [2.05, 4.69) is 22.8 Å². The summed E-state index contributed by atoms with van der Waals surface area (Å²) in [5, 5.41) is 4.63. The zero-order chi connectivity index (χ0) is 20.9. The Hall–Kier alpha value is -2.48. The van der Waals surface area contributed by atoms with Crippen molar-refractivity contribution in [3.05, 3.63) is 59.7 Å². The number of fused-ring (bicyclic) bond motifs is 1. The second-order valence-electron chi connectivity index (χ2n) is 6.80. The molecule has 0 spiro atoms. The first-order valence-electron chi connectivity index (χ1n) is 9.32. The van der Waals surface area contributed by atoms with Crippen LogP contribution in [-0.4, -0.2) is 23.6 Å². The van der Waals surface area contributed by atoms with Crippen LogP contribution in [0, 0.1) is 0 Å². The number of carbonyl (C=O) groups is 2. The minimum atomic E-state index is -4.47. The highest BCUT2D eigenvalue weighted by Crippen LogP contribution is 2.40. The summed E-state index contributed by atoms with van der Waals surface area (Å²) in [7, 11) is 0. The van der Waals surface area contributed by atoms with Crippen LogP contribution in [0.2, 0.25) is 0 Å². The van der Waals surface area contributed by atoms with Crippen molar-refractivity contribution in [1.29, 1.82) is 0 Å². The van der Waals surface area contributed by atoms with Crippen molar-refractivity contribution in [3.63, 3.8) is 0 Å². The molecule has 8 heteroatoms. The van der Waals surface area contributed by atoms with E-state index >= 15 is 0 Å². The van der Waals surface area contributed by atoms with Gasteiger partial charge in [-0.05, 0) is 43.0 Å². The highest BCUT2D eigenvalue weighted by Gasteiger charge is 2.34. The van der Waals surface area contributed by atoms with Gasteiger partial charge in [-0.25, -0.2) is 0 Å². The van der Waals surface area contributed by atoms with E-state index < -0.39 is 22.9 Å². The van der Waals surface area contributed by atoms with Gasteiger partial charge < -0.3 is 10.6 Å². The summed E-state index contributed by atoms with van der Waals surface area (Å²) >= 11 is 1.11. The Morgan fingerprint density at radius 1 is 1.10 bits per heavy atom. The van der Waals surface area contributed by atoms with Gasteiger partial charge in [0.05, 0.1) is 16.5 Å². The van der Waals surface area contributed by atoms with Gasteiger partial charge in [-0.2, -0.15) is 13.2 Å². The van der Waals surface area contributed by atoms with Crippen LogP contribution in [-0.2, 0) is 22.2 Å². The maximum Gasteiger partial charge on any atom is 0.416 e. The van der Waals surface area contributed by atoms with E-state index in [4.69, 9.17) is 0 Å². The Kier molecular flexibility index (Phi) is 6.84. The van der Waals surface area contributed by atoms with Crippen molar-refractivity contribution in [2.45, 2.75) is 42.0 Å². The Balaban J connectivity index is 1.44. The molecule has 0 aliphatic carbocycles. The van der Waals surface area contributed by atoms with Crippen LogP contribution in [0.25, 0.3) is 0 Å². The third kappa shape index (κ3) is 6.00. The average molecular weight is 422 g/mol. The van der Waals surface area contributed by atoms with Gasteiger partial charge in [0.1, 0.15) is 0 Å². The molecule has 154 valence electrons. The number of thioether (sulfide) groups is 1. The number of rotatable bonds is 7. The van der Waals surface area contributed by atoms with Crippen LogP contribution in [0.3, 0.4) is 0 Å². The number of halogens is 3. The molecule has 1 aliphatic rings. The van der Waals surface area contributed by atoms with Gasteiger partial charge in [-0.1, -0.05) is 30.3 Å². The van der Waals surface area contributed by atoms with E-state index in [0.717, 1.165) is 43.2 Å². The molecule has 0 saturated carbocycles. The number of anilines is 1. The number of aryl methyl sites for hydroxylation is 1. The number of hydrogen-bond donors (Lipinski definition) is 2. The van der Waals surface area contributed by atoms with Gasteiger partial charge in [-0.15, -0.1) is 11.8 Å². The van der Waals surface area contributed by atoms with Crippen molar-refractivity contribution in [1.82, 2.24) is 5.32 Å². The number of hydrogen-bond acceptors (Lipinski definition) is 3. The van der Waals surface area contributed by atoms with Crippen molar-refractivity contribution in [2.75, 3.05) is 11.9 Å². The van der Waals surface area contributed by atoms with Crippen LogP contribution in [0.4, 0.5) is 18.9 Å². The Bertz CT molecular complexity index is 872. The summed E-state index contributed by atoms with van der Waals surface area (Å²) in [5.74, 6) is -0.700. The first-order valence-corrected chi connectivity index (χ1v) is 10.2. The Labute approximate surface area is 171 Å². The molecule has 4 nitrogen and oxygen atoms in total. The molecule has 2 N–H and O–H groups in total. The van der Waals surface area contributed by atoms with E-state index in [1.807, 2.05) is 18.2 Å². The lowest BCUT2D eigenvalue weighted by Gasteiger charge is -2.24. The normalized spacial score (nSPS) is 16.1. The van der Waals surface area contributed by atoms with Gasteiger partial charge in [0.2, 0.25) is 11.8 Å². The third-order valence-electron chi connectivity index (χ3n) is 4.55. The molecule has 3 rings (SSSR count). The summed E-state index contributed by atoms with van der Waals surface area (Å²) in [6.07, 6.45) is -1.78. The van der Waals surface area contributed by atoms with Gasteiger partial charge in [0, 0.05) is 17.9 Å². The van der Waals surface area contributed by atoms with Crippen LogP contribution in [0.15, 0.2) is 53.4 Å². The minimum Gasteiger partial charge on any atom is -0.356 e. The molecule has 0 aromatic heterocycles. The second kappa shape index (κ2) is 9.35. The Morgan fingerprint density at radius 3 is 2.59 bits per heavy atom. The summed E-state index contributed by atoms with van der Waals surface area (Å²) in [4.78, 5) is 24.9. The highest BCUT2D eigenvalue weighted by molar-refractivity contribution is 8.01. The predicted octanol–water partition coefficient (Wildman–Crippen LogP) is 4.65. The quantitative estimate of drug-likeness (QED) is 0.639. The topological polar surface area (TPSA) is 58.2 Å². The molecule has 2 aromatic rings. The molecule has 1 atom stereocenters. The molecule has 2 aromatic carbocycles. The number of amides is 2. The molecule has 2 amide bonds. The van der Waals surface area contributed by atoms with Gasteiger partial charge in [0.25, 0.3) is 0 Å². The standard InChI is InChI=1S/C21H21F3N2O2S/c22-21(23,24)15-9-10-17-16(12-15)26-20(28)18(29-17)13-19(27)25-11-5-4-8-14-6-2-1-3-7-14/h1-3,6-7,9-10,12,18H,4-5,8,11,13H2,(H,25,27)(H,26,28)/t18-/m1/s1. The van der Waals surface area contributed by atoms with E-state index in [1.165, 1.54) is 11.6 Å². The van der Waals surface area contributed by atoms with Crippen molar-refractivity contribution in [2.24, 2.45) is 0 Å². The lowest BCUT2D eigenvalue weighted by atomic mass is 10.1. The molecule has 0 radical (unpaired) electrons. The van der Waals surface area contributed by atoms with Crippen molar-refractivity contribution < 1.29 is 22.8 Å². The second-order valence-corrected chi connectivity index (χ2v) is 8.05. The highest BCUT2D eigenvalue weighted by atomic mass is 32.2. The molecular weight excluding hydrogens is 401 g/mol. The number of nitrogens with one attached hydrogen (secondary N) is 2. The van der Waals surface area contributed by atoms with Crippen molar-refractivity contribution >= 4 is 29.3 Å². The zero-order valence-electron chi connectivity index (χ0n) is 15.6. The fourth-order valence-corrected chi connectivity index (χ4v) is 4.12. The fraction of sp³-hybridized carbons (Fsp3) is 0.333. The Morgan fingerprint density at radius 2 is 1.86 bits per heavy atom. The molecule has 1 heterocycles. The summed E-state index contributed by atoms with van der Waals surface area (Å²) < 4.78 is 38.4. The number of benzene rings is 2. The molecule has 0 fully saturated rings. The van der Waals surface area contributed by atoms with E-state index in [0.29, 0.717) is 11.4 Å². The molecule has 0 saturated heterocycles. The number of unbranched alkanes of at least 4 members (excludes halogenated alkanes) is 1. The van der Waals surface area contributed by atoms with E-state index in [1.54, 1.807) is 0 Å². The lowest BCUT2D eigenvalue weighted by Crippen LogP contribution is -2.35. The molecular formula is C21H21F3N2O2S. The molecule has 1 aliphatic heterocycles. The van der Waals surface area contributed by atoms with E-state index in [-0.39, 0.29) is 18.0 Å². The smallest absolute Gasteiger partial charge is 0.356 e. The summed E-state index contributed by atoms with van der Waals surface area (Å²) in [6, 6.07) is 13.3. The first-order chi connectivity index (χ1) is 13.8. The zero-order valence-corrected chi connectivity index (χ0v) is 16.4. The summed E-state index contributed by atoms with van der Waals surface area (Å²) in [6.45, 7) is 0.524. The van der Waals surface area contributed by atoms with Crippen molar-refractivity contribution in [3.8, 4) is 0 Å². The molecule has 29 heavy (non-hydrogen) atoms. The van der Waals surface area contributed by atoms with Crippen LogP contribution in [0.1, 0.15) is 30.4 Å². The van der Waals surface area contributed by atoms with E-state index in [9.17, 15) is 22.8 Å². The lowest BCUT2D eigenvalue weighted by molar-refractivity contribution is -0.137. The SMILES string of the molecule is O=C(C[C@H]1Sc2ccc(C(F)(F)F)cc2NC1=O)NCCCCc1ccccc1. The third-order valence-corrected chi connectivity index (χ3v) is 5.83. The summed E-state index contributed by atoms with van der Waals surface area (Å²) in [5.41, 5.74) is 0.567. The van der Waals surface area contributed by atoms with Gasteiger partial charge in [-0.3, -0.25) is 9.59 Å². The first kappa shape index (κ1) is 21.2. The monoisotopic (exact) mass is 422 g/mol.